The number of hydrogen-bond acceptors (Lipinski definition) is 4. The zero-order valence-corrected chi connectivity index (χ0v) is 15.3. The van der Waals surface area contributed by atoms with E-state index in [-0.39, 0.29) is 6.10 Å². The highest BCUT2D eigenvalue weighted by atomic mass is 32.1. The predicted octanol–water partition coefficient (Wildman–Crippen LogP) is 3.34. The largest absolute Gasteiger partial charge is 0.497 e. The normalized spacial score (nSPS) is 16.6. The van der Waals surface area contributed by atoms with E-state index < -0.39 is 0 Å². The minimum Gasteiger partial charge on any atom is -0.497 e. The first-order valence-electron chi connectivity index (χ1n) is 8.54. The third kappa shape index (κ3) is 5.21. The Morgan fingerprint density at radius 2 is 2.24 bits per heavy atom. The third-order valence-electron chi connectivity index (χ3n) is 4.23. The molecule has 1 aromatic carbocycles. The van der Waals surface area contributed by atoms with Crippen LogP contribution < -0.4 is 10.1 Å². The number of nitrogens with zero attached hydrogens (tertiary/aromatic N) is 1. The van der Waals surface area contributed by atoms with Crippen molar-refractivity contribution in [2.45, 2.75) is 32.0 Å². The lowest BCUT2D eigenvalue weighted by Gasteiger charge is -2.26. The summed E-state index contributed by atoms with van der Waals surface area (Å²) in [6.07, 6.45) is 4.14. The molecule has 1 fully saturated rings. The molecule has 1 saturated heterocycles. The van der Waals surface area contributed by atoms with Gasteiger partial charge in [-0.3, -0.25) is 0 Å². The van der Waals surface area contributed by atoms with E-state index in [4.69, 9.17) is 26.1 Å². The molecule has 25 heavy (non-hydrogen) atoms. The van der Waals surface area contributed by atoms with Gasteiger partial charge in [0.15, 0.2) is 5.11 Å². The fraction of sp³-hybridized carbons (Fsp3) is 0.421. The highest BCUT2D eigenvalue weighted by Crippen LogP contribution is 2.17. The summed E-state index contributed by atoms with van der Waals surface area (Å²) in [5.41, 5.74) is 1.13. The van der Waals surface area contributed by atoms with Crippen LogP contribution in [0.2, 0.25) is 0 Å². The zero-order valence-electron chi connectivity index (χ0n) is 14.4. The van der Waals surface area contributed by atoms with Crippen molar-refractivity contribution >= 4 is 17.3 Å². The fourth-order valence-corrected chi connectivity index (χ4v) is 3.11. The van der Waals surface area contributed by atoms with Crippen LogP contribution in [-0.2, 0) is 17.8 Å². The number of furan rings is 1. The molecule has 0 amide bonds. The van der Waals surface area contributed by atoms with E-state index in [9.17, 15) is 0 Å². The Morgan fingerprint density at radius 1 is 1.32 bits per heavy atom. The van der Waals surface area contributed by atoms with Gasteiger partial charge < -0.3 is 24.1 Å². The second-order valence-corrected chi connectivity index (χ2v) is 6.49. The van der Waals surface area contributed by atoms with Gasteiger partial charge in [0.25, 0.3) is 0 Å². The number of benzene rings is 1. The molecule has 2 heterocycles. The molecule has 1 atom stereocenters. The number of methoxy groups -OCH3 is 1. The molecule has 1 aromatic heterocycles. The maximum absolute atomic E-state index is 5.66. The van der Waals surface area contributed by atoms with Gasteiger partial charge in [0.2, 0.25) is 0 Å². The van der Waals surface area contributed by atoms with Gasteiger partial charge in [-0.15, -0.1) is 0 Å². The standard InChI is InChI=1S/C19H24N2O3S/c1-22-16-6-2-5-15(11-16)13-21(14-18-8-4-10-24-18)19(25)20-12-17-7-3-9-23-17/h2,4-6,8,10-11,17H,3,7,9,12-14H2,1H3,(H,20,25)/t17-/m0/s1. The van der Waals surface area contributed by atoms with Crippen LogP contribution in [0.15, 0.2) is 47.1 Å². The lowest BCUT2D eigenvalue weighted by molar-refractivity contribution is 0.113. The quantitative estimate of drug-likeness (QED) is 0.764. The van der Waals surface area contributed by atoms with Crippen LogP contribution in [0.3, 0.4) is 0 Å². The minimum absolute atomic E-state index is 0.250. The molecule has 1 N–H and O–H groups in total. The van der Waals surface area contributed by atoms with Gasteiger partial charge in [-0.1, -0.05) is 12.1 Å². The lowest BCUT2D eigenvalue weighted by atomic mass is 10.2. The molecule has 0 aliphatic carbocycles. The van der Waals surface area contributed by atoms with Gasteiger partial charge >= 0.3 is 0 Å². The number of thiocarbonyl (C=S) groups is 1. The number of nitrogens with one attached hydrogen (secondary N) is 1. The molecule has 6 heteroatoms. The number of ether oxygens (including phenoxy) is 2. The van der Waals surface area contributed by atoms with Crippen molar-refractivity contribution in [1.29, 1.82) is 0 Å². The summed E-state index contributed by atoms with van der Waals surface area (Å²) in [4.78, 5) is 2.10. The van der Waals surface area contributed by atoms with Crippen molar-refractivity contribution in [1.82, 2.24) is 10.2 Å². The van der Waals surface area contributed by atoms with Crippen LogP contribution >= 0.6 is 12.2 Å². The molecule has 1 aliphatic heterocycles. The summed E-state index contributed by atoms with van der Waals surface area (Å²) in [7, 11) is 1.67. The van der Waals surface area contributed by atoms with E-state index in [1.807, 2.05) is 30.3 Å². The Morgan fingerprint density at radius 3 is 2.96 bits per heavy atom. The molecule has 1 aliphatic rings. The second-order valence-electron chi connectivity index (χ2n) is 6.11. The van der Waals surface area contributed by atoms with Gasteiger partial charge in [-0.05, 0) is 54.9 Å². The van der Waals surface area contributed by atoms with E-state index in [0.717, 1.165) is 43.1 Å². The molecule has 0 radical (unpaired) electrons. The zero-order chi connectivity index (χ0) is 17.5. The molecule has 0 saturated carbocycles. The Hall–Kier alpha value is -2.05. The van der Waals surface area contributed by atoms with Crippen LogP contribution in [0.1, 0.15) is 24.2 Å². The molecule has 3 rings (SSSR count). The molecule has 134 valence electrons. The Kier molecular flexibility index (Phi) is 6.30. The molecule has 0 spiro atoms. The van der Waals surface area contributed by atoms with E-state index in [1.54, 1.807) is 13.4 Å². The summed E-state index contributed by atoms with van der Waals surface area (Å²) in [5, 5.41) is 4.05. The smallest absolute Gasteiger partial charge is 0.169 e. The molecule has 0 bridgehead atoms. The number of rotatable bonds is 7. The summed E-state index contributed by atoms with van der Waals surface area (Å²) in [6.45, 7) is 2.88. The average Bonchev–Trinajstić information content (AvgIpc) is 3.33. The first-order valence-corrected chi connectivity index (χ1v) is 8.95. The van der Waals surface area contributed by atoms with Crippen molar-refractivity contribution in [3.8, 4) is 5.75 Å². The highest BCUT2D eigenvalue weighted by Gasteiger charge is 2.18. The van der Waals surface area contributed by atoms with Gasteiger partial charge in [-0.2, -0.15) is 0 Å². The van der Waals surface area contributed by atoms with E-state index in [1.165, 1.54) is 0 Å². The molecule has 2 aromatic rings. The van der Waals surface area contributed by atoms with Gasteiger partial charge in [0.05, 0.1) is 26.0 Å². The van der Waals surface area contributed by atoms with E-state index in [0.29, 0.717) is 18.2 Å². The van der Waals surface area contributed by atoms with Gasteiger partial charge in [-0.25, -0.2) is 0 Å². The second kappa shape index (κ2) is 8.87. The Balaban J connectivity index is 1.66. The van der Waals surface area contributed by atoms with Crippen molar-refractivity contribution in [3.63, 3.8) is 0 Å². The van der Waals surface area contributed by atoms with E-state index in [2.05, 4.69) is 16.3 Å². The third-order valence-corrected chi connectivity index (χ3v) is 4.63. The van der Waals surface area contributed by atoms with Crippen molar-refractivity contribution < 1.29 is 13.9 Å². The predicted molar refractivity (Wildman–Crippen MR) is 101 cm³/mol. The van der Waals surface area contributed by atoms with Gasteiger partial charge in [0.1, 0.15) is 11.5 Å². The first kappa shape index (κ1) is 17.8. The Bertz CT molecular complexity index is 669. The lowest BCUT2D eigenvalue weighted by Crippen LogP contribution is -2.41. The number of hydrogen-bond donors (Lipinski definition) is 1. The molecule has 0 unspecified atom stereocenters. The average molecular weight is 360 g/mol. The van der Waals surface area contributed by atoms with Crippen molar-refractivity contribution in [3.05, 3.63) is 54.0 Å². The first-order chi connectivity index (χ1) is 12.2. The Labute approximate surface area is 153 Å². The van der Waals surface area contributed by atoms with Crippen LogP contribution in [0, 0.1) is 0 Å². The van der Waals surface area contributed by atoms with Crippen LogP contribution in [0.5, 0.6) is 5.75 Å². The maximum Gasteiger partial charge on any atom is 0.169 e. The molecule has 5 nitrogen and oxygen atoms in total. The summed E-state index contributed by atoms with van der Waals surface area (Å²) >= 11 is 5.63. The van der Waals surface area contributed by atoms with Gasteiger partial charge in [0, 0.05) is 19.7 Å². The topological polar surface area (TPSA) is 46.9 Å². The van der Waals surface area contributed by atoms with Crippen LogP contribution in [-0.4, -0.2) is 36.4 Å². The van der Waals surface area contributed by atoms with Crippen LogP contribution in [0.4, 0.5) is 0 Å². The van der Waals surface area contributed by atoms with E-state index >= 15 is 0 Å². The molecular weight excluding hydrogens is 336 g/mol. The fourth-order valence-electron chi connectivity index (χ4n) is 2.90. The summed E-state index contributed by atoms with van der Waals surface area (Å²) in [5.74, 6) is 1.72. The monoisotopic (exact) mass is 360 g/mol. The minimum atomic E-state index is 0.250. The van der Waals surface area contributed by atoms with Crippen LogP contribution in [0.25, 0.3) is 0 Å². The molecular formula is C19H24N2O3S. The SMILES string of the molecule is COc1cccc(CN(Cc2ccco2)C(=S)NC[C@@H]2CCCO2)c1. The maximum atomic E-state index is 5.66. The van der Waals surface area contributed by atoms with Crippen molar-refractivity contribution in [2.24, 2.45) is 0 Å². The highest BCUT2D eigenvalue weighted by molar-refractivity contribution is 7.80. The summed E-state index contributed by atoms with van der Waals surface area (Å²) in [6, 6.07) is 11.9. The summed E-state index contributed by atoms with van der Waals surface area (Å²) < 4.78 is 16.5. The van der Waals surface area contributed by atoms with Crippen molar-refractivity contribution in [2.75, 3.05) is 20.3 Å².